The minimum Gasteiger partial charge on any atom is -0.376 e. The predicted molar refractivity (Wildman–Crippen MR) is 94.8 cm³/mol. The minimum atomic E-state index is -0.321. The smallest absolute Gasteiger partial charge is 0.272 e. The van der Waals surface area contributed by atoms with Crippen LogP contribution in [0.15, 0.2) is 36.5 Å². The molecular weight excluding hydrogens is 349 g/mol. The van der Waals surface area contributed by atoms with Gasteiger partial charge >= 0.3 is 0 Å². The third-order valence-corrected chi connectivity index (χ3v) is 4.34. The van der Waals surface area contributed by atoms with E-state index >= 15 is 0 Å². The highest BCUT2D eigenvalue weighted by Gasteiger charge is 2.15. The zero-order valence-corrected chi connectivity index (χ0v) is 14.8. The van der Waals surface area contributed by atoms with Crippen molar-refractivity contribution in [3.8, 4) is 5.69 Å². The first-order valence-electron chi connectivity index (χ1n) is 8.62. The molecule has 1 N–H and O–H groups in total. The van der Waals surface area contributed by atoms with Gasteiger partial charge in [-0.25, -0.2) is 19.0 Å². The molecule has 0 spiro atoms. The van der Waals surface area contributed by atoms with Gasteiger partial charge in [0.15, 0.2) is 5.69 Å². The van der Waals surface area contributed by atoms with Gasteiger partial charge in [0, 0.05) is 23.9 Å². The zero-order chi connectivity index (χ0) is 18.8. The molecule has 2 aromatic heterocycles. The number of fused-ring (bicyclic) bond motifs is 1. The predicted octanol–water partition coefficient (Wildman–Crippen LogP) is 2.11. The summed E-state index contributed by atoms with van der Waals surface area (Å²) in [4.78, 5) is 21.2. The Bertz CT molecular complexity index is 984. The van der Waals surface area contributed by atoms with Crippen molar-refractivity contribution in [3.05, 3.63) is 70.8 Å². The summed E-state index contributed by atoms with van der Waals surface area (Å²) in [6.45, 7) is 3.23. The summed E-state index contributed by atoms with van der Waals surface area (Å²) >= 11 is 0. The van der Waals surface area contributed by atoms with Crippen LogP contribution in [0.5, 0.6) is 0 Å². The molecule has 0 unspecified atom stereocenters. The van der Waals surface area contributed by atoms with Crippen molar-refractivity contribution in [2.75, 3.05) is 6.61 Å². The molecule has 138 valence electrons. The second kappa shape index (κ2) is 7.24. The van der Waals surface area contributed by atoms with E-state index in [0.717, 1.165) is 23.4 Å². The molecule has 1 aliphatic heterocycles. The van der Waals surface area contributed by atoms with E-state index in [4.69, 9.17) is 4.74 Å². The van der Waals surface area contributed by atoms with Crippen LogP contribution in [0.1, 0.15) is 33.3 Å². The first-order chi connectivity index (χ1) is 13.1. The summed E-state index contributed by atoms with van der Waals surface area (Å²) in [7, 11) is 0. The standard InChI is InChI=1S/C19H18FN5O2/c1-12-8-17(24-25(12)15-4-2-14(20)3-5-15)19(26)22-10-18-21-9-13-11-27-7-6-16(13)23-18/h2-5,8-9H,6-7,10-11H2,1H3,(H,22,26). The summed E-state index contributed by atoms with van der Waals surface area (Å²) < 4.78 is 20.1. The molecule has 0 radical (unpaired) electrons. The second-order valence-electron chi connectivity index (χ2n) is 6.30. The van der Waals surface area contributed by atoms with Gasteiger partial charge in [-0.1, -0.05) is 0 Å². The molecule has 4 rings (SSSR count). The lowest BCUT2D eigenvalue weighted by Crippen LogP contribution is -2.25. The lowest BCUT2D eigenvalue weighted by molar-refractivity contribution is 0.0943. The fraction of sp³-hybridized carbons (Fsp3) is 0.263. The van der Waals surface area contributed by atoms with Crippen molar-refractivity contribution in [2.24, 2.45) is 0 Å². The average Bonchev–Trinajstić information content (AvgIpc) is 3.08. The molecule has 0 atom stereocenters. The van der Waals surface area contributed by atoms with E-state index in [2.05, 4.69) is 20.4 Å². The Labute approximate surface area is 155 Å². The van der Waals surface area contributed by atoms with Crippen LogP contribution in [-0.4, -0.2) is 32.3 Å². The molecule has 0 aliphatic carbocycles. The highest BCUT2D eigenvalue weighted by Crippen LogP contribution is 2.14. The van der Waals surface area contributed by atoms with Gasteiger partial charge in [0.1, 0.15) is 11.6 Å². The number of hydrogen-bond donors (Lipinski definition) is 1. The Morgan fingerprint density at radius 3 is 2.96 bits per heavy atom. The Kier molecular flexibility index (Phi) is 4.64. The molecule has 0 saturated heterocycles. The molecule has 27 heavy (non-hydrogen) atoms. The topological polar surface area (TPSA) is 81.9 Å². The van der Waals surface area contributed by atoms with Crippen molar-refractivity contribution < 1.29 is 13.9 Å². The van der Waals surface area contributed by atoms with Gasteiger partial charge in [-0.2, -0.15) is 5.10 Å². The van der Waals surface area contributed by atoms with Crippen LogP contribution < -0.4 is 5.32 Å². The van der Waals surface area contributed by atoms with E-state index in [9.17, 15) is 9.18 Å². The minimum absolute atomic E-state index is 0.218. The van der Waals surface area contributed by atoms with Gasteiger partial charge in [-0.05, 0) is 37.3 Å². The molecule has 0 bridgehead atoms. The third kappa shape index (κ3) is 3.70. The van der Waals surface area contributed by atoms with E-state index in [1.165, 1.54) is 12.1 Å². The van der Waals surface area contributed by atoms with Crippen LogP contribution in [0.3, 0.4) is 0 Å². The lowest BCUT2D eigenvalue weighted by atomic mass is 10.1. The molecule has 3 aromatic rings. The summed E-state index contributed by atoms with van der Waals surface area (Å²) in [6.07, 6.45) is 2.50. The van der Waals surface area contributed by atoms with Crippen LogP contribution in [0, 0.1) is 12.7 Å². The van der Waals surface area contributed by atoms with Gasteiger partial charge in [-0.15, -0.1) is 0 Å². The van der Waals surface area contributed by atoms with Crippen LogP contribution >= 0.6 is 0 Å². The molecule has 0 saturated carbocycles. The van der Waals surface area contributed by atoms with Crippen molar-refractivity contribution in [3.63, 3.8) is 0 Å². The molecule has 1 aliphatic rings. The van der Waals surface area contributed by atoms with E-state index in [1.54, 1.807) is 29.1 Å². The second-order valence-corrected chi connectivity index (χ2v) is 6.30. The van der Waals surface area contributed by atoms with Crippen molar-refractivity contribution in [1.29, 1.82) is 0 Å². The normalized spacial score (nSPS) is 13.3. The number of benzene rings is 1. The molecule has 1 amide bonds. The van der Waals surface area contributed by atoms with Crippen LogP contribution in [0.4, 0.5) is 4.39 Å². The molecule has 7 nitrogen and oxygen atoms in total. The number of carbonyl (C=O) groups excluding carboxylic acids is 1. The first-order valence-corrected chi connectivity index (χ1v) is 8.62. The van der Waals surface area contributed by atoms with Crippen molar-refractivity contribution in [1.82, 2.24) is 25.1 Å². The average molecular weight is 367 g/mol. The largest absolute Gasteiger partial charge is 0.376 e. The summed E-state index contributed by atoms with van der Waals surface area (Å²) in [5, 5.41) is 7.11. The van der Waals surface area contributed by atoms with Gasteiger partial charge in [-0.3, -0.25) is 4.79 Å². The van der Waals surface area contributed by atoms with E-state index in [0.29, 0.717) is 24.7 Å². The van der Waals surface area contributed by atoms with Gasteiger partial charge in [0.2, 0.25) is 0 Å². The van der Waals surface area contributed by atoms with E-state index < -0.39 is 0 Å². The highest BCUT2D eigenvalue weighted by molar-refractivity contribution is 5.92. The van der Waals surface area contributed by atoms with Gasteiger partial charge in [0.05, 0.1) is 31.1 Å². The van der Waals surface area contributed by atoms with Gasteiger partial charge < -0.3 is 10.1 Å². The number of halogens is 1. The number of carbonyl (C=O) groups is 1. The molecule has 0 fully saturated rings. The number of hydrogen-bond acceptors (Lipinski definition) is 5. The van der Waals surface area contributed by atoms with Crippen molar-refractivity contribution in [2.45, 2.75) is 26.5 Å². The number of amides is 1. The summed E-state index contributed by atoms with van der Waals surface area (Å²) in [6, 6.07) is 7.62. The Hall–Kier alpha value is -3.13. The lowest BCUT2D eigenvalue weighted by Gasteiger charge is -2.15. The first kappa shape index (κ1) is 17.3. The fourth-order valence-electron chi connectivity index (χ4n) is 2.94. The van der Waals surface area contributed by atoms with Crippen LogP contribution in [-0.2, 0) is 24.3 Å². The van der Waals surface area contributed by atoms with Crippen LogP contribution in [0.2, 0.25) is 0 Å². The van der Waals surface area contributed by atoms with E-state index in [-0.39, 0.29) is 24.0 Å². The molecule has 8 heteroatoms. The Morgan fingerprint density at radius 2 is 2.15 bits per heavy atom. The number of nitrogens with zero attached hydrogens (tertiary/aromatic N) is 4. The Morgan fingerprint density at radius 1 is 1.33 bits per heavy atom. The number of rotatable bonds is 4. The van der Waals surface area contributed by atoms with Crippen molar-refractivity contribution >= 4 is 5.91 Å². The van der Waals surface area contributed by atoms with Gasteiger partial charge in [0.25, 0.3) is 5.91 Å². The number of aromatic nitrogens is 4. The maximum Gasteiger partial charge on any atom is 0.272 e. The number of ether oxygens (including phenoxy) is 1. The summed E-state index contributed by atoms with van der Waals surface area (Å²) in [5.74, 6) is -0.0829. The van der Waals surface area contributed by atoms with E-state index in [1.807, 2.05) is 6.92 Å². The maximum absolute atomic E-state index is 13.1. The molecular formula is C19H18FN5O2. The third-order valence-electron chi connectivity index (χ3n) is 4.34. The number of aryl methyl sites for hydroxylation is 1. The Balaban J connectivity index is 1.46. The highest BCUT2D eigenvalue weighted by atomic mass is 19.1. The monoisotopic (exact) mass is 367 g/mol. The molecule has 3 heterocycles. The fourth-order valence-corrected chi connectivity index (χ4v) is 2.94. The van der Waals surface area contributed by atoms with Crippen LogP contribution in [0.25, 0.3) is 5.69 Å². The SMILES string of the molecule is Cc1cc(C(=O)NCc2ncc3c(n2)CCOC3)nn1-c1ccc(F)cc1. The number of nitrogens with one attached hydrogen (secondary N) is 1. The maximum atomic E-state index is 13.1. The quantitative estimate of drug-likeness (QED) is 0.764. The summed E-state index contributed by atoms with van der Waals surface area (Å²) in [5.41, 5.74) is 3.70. The zero-order valence-electron chi connectivity index (χ0n) is 14.8. The molecule has 1 aromatic carbocycles.